The van der Waals surface area contributed by atoms with Crippen LogP contribution in [0.4, 0.5) is 18.9 Å². The van der Waals surface area contributed by atoms with E-state index in [0.29, 0.717) is 6.61 Å². The van der Waals surface area contributed by atoms with Gasteiger partial charge in [-0.05, 0) is 37.5 Å². The number of nitrogens with one attached hydrogen (secondary N) is 2. The first kappa shape index (κ1) is 19.5. The summed E-state index contributed by atoms with van der Waals surface area (Å²) in [6.45, 7) is 2.54. The van der Waals surface area contributed by atoms with Gasteiger partial charge in [0, 0.05) is 7.11 Å². The second-order valence-corrected chi connectivity index (χ2v) is 6.09. The van der Waals surface area contributed by atoms with Gasteiger partial charge in [0.1, 0.15) is 12.4 Å². The van der Waals surface area contributed by atoms with Crippen molar-refractivity contribution in [2.45, 2.75) is 25.4 Å². The molecule has 1 aromatic rings. The minimum atomic E-state index is -4.48. The summed E-state index contributed by atoms with van der Waals surface area (Å²) in [6.07, 6.45) is -1.19. The molecule has 2 N–H and O–H groups in total. The number of hydrogen-bond donors (Lipinski definition) is 2. The Labute approximate surface area is 145 Å². The highest BCUT2D eigenvalue weighted by atomic mass is 19.4. The molecule has 1 saturated heterocycles. The van der Waals surface area contributed by atoms with E-state index in [4.69, 9.17) is 9.47 Å². The Hall–Kier alpha value is -1.80. The fourth-order valence-corrected chi connectivity index (χ4v) is 2.81. The Morgan fingerprint density at radius 1 is 1.20 bits per heavy atom. The molecule has 140 valence electrons. The van der Waals surface area contributed by atoms with Crippen molar-refractivity contribution in [1.82, 2.24) is 0 Å². The van der Waals surface area contributed by atoms with Gasteiger partial charge in [-0.1, -0.05) is 0 Å². The minimum absolute atomic E-state index is 0.0346. The first-order valence-corrected chi connectivity index (χ1v) is 8.36. The first-order chi connectivity index (χ1) is 11.9. The number of ether oxygens (including phenoxy) is 2. The Bertz CT molecular complexity index is 573. The molecule has 1 aliphatic rings. The predicted octanol–water partition coefficient (Wildman–Crippen LogP) is 1.74. The molecule has 0 saturated carbocycles. The lowest BCUT2D eigenvalue weighted by atomic mass is 10.1. The molecule has 1 amide bonds. The number of carbonyl (C=O) groups excluding carboxylic acids is 1. The molecule has 0 atom stereocenters. The van der Waals surface area contributed by atoms with Crippen LogP contribution in [0.25, 0.3) is 0 Å². The van der Waals surface area contributed by atoms with Crippen LogP contribution in [0.15, 0.2) is 18.2 Å². The van der Waals surface area contributed by atoms with Crippen molar-refractivity contribution in [2.24, 2.45) is 0 Å². The summed E-state index contributed by atoms with van der Waals surface area (Å²) in [4.78, 5) is 13.4. The van der Waals surface area contributed by atoms with Crippen molar-refractivity contribution in [3.8, 4) is 5.75 Å². The normalized spacial score (nSPS) is 15.8. The van der Waals surface area contributed by atoms with Crippen molar-refractivity contribution in [3.63, 3.8) is 0 Å². The van der Waals surface area contributed by atoms with Crippen molar-refractivity contribution in [3.05, 3.63) is 23.8 Å². The maximum Gasteiger partial charge on any atom is 0.416 e. The van der Waals surface area contributed by atoms with E-state index in [-0.39, 0.29) is 30.5 Å². The Morgan fingerprint density at radius 2 is 1.92 bits per heavy atom. The number of carbonyl (C=O) groups is 1. The Kier molecular flexibility index (Phi) is 7.07. The summed E-state index contributed by atoms with van der Waals surface area (Å²) in [5.41, 5.74) is -0.792. The number of hydrogen-bond acceptors (Lipinski definition) is 3. The molecule has 1 aromatic carbocycles. The Morgan fingerprint density at radius 3 is 2.56 bits per heavy atom. The average Bonchev–Trinajstić information content (AvgIpc) is 2.56. The maximum absolute atomic E-state index is 12.9. The van der Waals surface area contributed by atoms with E-state index in [1.807, 2.05) is 0 Å². The van der Waals surface area contributed by atoms with Gasteiger partial charge in [-0.25, -0.2) is 0 Å². The lowest BCUT2D eigenvalue weighted by Gasteiger charge is -2.23. The zero-order valence-corrected chi connectivity index (χ0v) is 14.2. The molecule has 1 aliphatic heterocycles. The number of amides is 1. The predicted molar refractivity (Wildman–Crippen MR) is 86.9 cm³/mol. The number of likely N-dealkylation sites (tertiary alicyclic amines) is 1. The molecule has 8 heteroatoms. The number of halogens is 3. The molecule has 1 fully saturated rings. The fraction of sp³-hybridized carbons (Fsp3) is 0.588. The summed E-state index contributed by atoms with van der Waals surface area (Å²) >= 11 is 0. The summed E-state index contributed by atoms with van der Waals surface area (Å²) in [7, 11) is 1.50. The van der Waals surface area contributed by atoms with Gasteiger partial charge in [0.15, 0.2) is 6.54 Å². The molecule has 5 nitrogen and oxygen atoms in total. The molecule has 0 bridgehead atoms. The van der Waals surface area contributed by atoms with Gasteiger partial charge in [-0.3, -0.25) is 4.79 Å². The third kappa shape index (κ3) is 6.21. The van der Waals surface area contributed by atoms with Crippen molar-refractivity contribution in [2.75, 3.05) is 45.3 Å². The van der Waals surface area contributed by atoms with Gasteiger partial charge >= 0.3 is 6.18 Å². The summed E-state index contributed by atoms with van der Waals surface area (Å²) in [6, 6.07) is 3.07. The SMILES string of the molecule is COCCOc1ccc(C(F)(F)F)cc1NC(=O)C[NH+]1CCCCC1. The van der Waals surface area contributed by atoms with E-state index in [1.54, 1.807) is 0 Å². The van der Waals surface area contributed by atoms with Crippen LogP contribution in [-0.2, 0) is 15.7 Å². The van der Waals surface area contributed by atoms with Gasteiger partial charge in [-0.2, -0.15) is 13.2 Å². The van der Waals surface area contributed by atoms with E-state index in [1.165, 1.54) is 13.2 Å². The van der Waals surface area contributed by atoms with Crippen LogP contribution in [0, 0.1) is 0 Å². The maximum atomic E-state index is 12.9. The summed E-state index contributed by atoms with van der Waals surface area (Å²) in [5.74, 6) is -0.111. The minimum Gasteiger partial charge on any atom is -0.489 e. The van der Waals surface area contributed by atoms with Crippen LogP contribution in [0.2, 0.25) is 0 Å². The summed E-state index contributed by atoms with van der Waals surface area (Å²) < 4.78 is 49.1. The third-order valence-corrected chi connectivity index (χ3v) is 4.10. The van der Waals surface area contributed by atoms with Crippen molar-refractivity contribution < 1.29 is 32.3 Å². The molecule has 25 heavy (non-hydrogen) atoms. The molecule has 0 spiro atoms. The van der Waals surface area contributed by atoms with E-state index >= 15 is 0 Å². The van der Waals surface area contributed by atoms with Crippen LogP contribution in [0.3, 0.4) is 0 Å². The lowest BCUT2D eigenvalue weighted by Crippen LogP contribution is -3.13. The largest absolute Gasteiger partial charge is 0.489 e. The zero-order valence-electron chi connectivity index (χ0n) is 14.2. The number of methoxy groups -OCH3 is 1. The van der Waals surface area contributed by atoms with Crippen LogP contribution in [-0.4, -0.2) is 45.9 Å². The van der Waals surface area contributed by atoms with Crippen LogP contribution < -0.4 is 15.0 Å². The average molecular weight is 361 g/mol. The number of alkyl halides is 3. The van der Waals surface area contributed by atoms with Gasteiger partial charge in [0.2, 0.25) is 0 Å². The van der Waals surface area contributed by atoms with E-state index in [0.717, 1.165) is 49.4 Å². The van der Waals surface area contributed by atoms with Crippen LogP contribution in [0.5, 0.6) is 5.75 Å². The topological polar surface area (TPSA) is 52.0 Å². The smallest absolute Gasteiger partial charge is 0.416 e. The molecule has 0 unspecified atom stereocenters. The lowest BCUT2D eigenvalue weighted by molar-refractivity contribution is -0.896. The first-order valence-electron chi connectivity index (χ1n) is 8.36. The number of anilines is 1. The van der Waals surface area contributed by atoms with Gasteiger partial charge in [0.05, 0.1) is 30.9 Å². The quantitative estimate of drug-likeness (QED) is 0.728. The van der Waals surface area contributed by atoms with Crippen molar-refractivity contribution >= 4 is 11.6 Å². The zero-order chi connectivity index (χ0) is 18.3. The monoisotopic (exact) mass is 361 g/mol. The second-order valence-electron chi connectivity index (χ2n) is 6.09. The van der Waals surface area contributed by atoms with Gasteiger partial charge < -0.3 is 19.7 Å². The second kappa shape index (κ2) is 9.05. The highest BCUT2D eigenvalue weighted by Crippen LogP contribution is 2.35. The molecular weight excluding hydrogens is 337 g/mol. The highest BCUT2D eigenvalue weighted by Gasteiger charge is 2.31. The van der Waals surface area contributed by atoms with E-state index in [9.17, 15) is 18.0 Å². The molecular formula is C17H24F3N2O3+. The molecule has 0 aromatic heterocycles. The van der Waals surface area contributed by atoms with E-state index in [2.05, 4.69) is 5.32 Å². The molecule has 1 heterocycles. The third-order valence-electron chi connectivity index (χ3n) is 4.10. The number of piperidine rings is 1. The number of quaternary nitrogens is 1. The fourth-order valence-electron chi connectivity index (χ4n) is 2.81. The van der Waals surface area contributed by atoms with Crippen LogP contribution in [0.1, 0.15) is 24.8 Å². The molecule has 2 rings (SSSR count). The molecule has 0 radical (unpaired) electrons. The molecule has 0 aliphatic carbocycles. The van der Waals surface area contributed by atoms with Gasteiger partial charge in [0.25, 0.3) is 5.91 Å². The Balaban J connectivity index is 2.09. The van der Waals surface area contributed by atoms with Gasteiger partial charge in [-0.15, -0.1) is 0 Å². The summed E-state index contributed by atoms with van der Waals surface area (Å²) in [5, 5.41) is 2.57. The van der Waals surface area contributed by atoms with Crippen LogP contribution >= 0.6 is 0 Å². The number of benzene rings is 1. The van der Waals surface area contributed by atoms with E-state index < -0.39 is 11.7 Å². The number of rotatable bonds is 7. The van der Waals surface area contributed by atoms with Crippen molar-refractivity contribution in [1.29, 1.82) is 0 Å². The highest BCUT2D eigenvalue weighted by molar-refractivity contribution is 5.93. The standard InChI is InChI=1S/C17H23F3N2O3/c1-24-9-10-25-15-6-5-13(17(18,19)20)11-14(15)21-16(23)12-22-7-3-2-4-8-22/h5-6,11H,2-4,7-10,12H2,1H3,(H,21,23)/p+1.